The van der Waals surface area contributed by atoms with Gasteiger partial charge in [-0.3, -0.25) is 14.5 Å². The maximum atomic E-state index is 12.1. The summed E-state index contributed by atoms with van der Waals surface area (Å²) in [7, 11) is 0. The van der Waals surface area contributed by atoms with Crippen LogP contribution >= 0.6 is 0 Å². The molecule has 0 bridgehead atoms. The highest BCUT2D eigenvalue weighted by Gasteiger charge is 2.25. The molecular weight excluding hydrogens is 254 g/mol. The van der Waals surface area contributed by atoms with E-state index in [0.717, 1.165) is 0 Å². The highest BCUT2D eigenvalue weighted by atomic mass is 16.6. The van der Waals surface area contributed by atoms with Crippen molar-refractivity contribution in [1.82, 2.24) is 20.1 Å². The van der Waals surface area contributed by atoms with Crippen LogP contribution in [0.25, 0.3) is 0 Å². The van der Waals surface area contributed by atoms with Crippen LogP contribution in [0.3, 0.4) is 0 Å². The van der Waals surface area contributed by atoms with Crippen LogP contribution in [0.5, 0.6) is 0 Å². The van der Waals surface area contributed by atoms with Crippen molar-refractivity contribution in [2.75, 3.05) is 38.5 Å². The molecule has 0 saturated carbocycles. The monoisotopic (exact) mass is 269 g/mol. The third-order valence-corrected chi connectivity index (χ3v) is 2.95. The maximum absolute atomic E-state index is 12.1. The van der Waals surface area contributed by atoms with Crippen molar-refractivity contribution in [1.29, 1.82) is 0 Å². The largest absolute Gasteiger partial charge is 0.480 e. The van der Waals surface area contributed by atoms with E-state index in [-0.39, 0.29) is 24.0 Å². The van der Waals surface area contributed by atoms with Crippen molar-refractivity contribution in [3.05, 3.63) is 5.69 Å². The van der Waals surface area contributed by atoms with E-state index in [1.807, 2.05) is 0 Å². The number of aromatic nitrogens is 2. The minimum Gasteiger partial charge on any atom is -0.480 e. The molecule has 0 radical (unpaired) electrons. The minimum absolute atomic E-state index is 0.00619. The number of rotatable bonds is 3. The molecule has 0 aliphatic carbocycles. The number of nitrogens with zero attached hydrogens (tertiary/aromatic N) is 4. The molecule has 1 aliphatic rings. The van der Waals surface area contributed by atoms with E-state index in [1.165, 1.54) is 0 Å². The van der Waals surface area contributed by atoms with Crippen LogP contribution in [-0.2, 0) is 4.79 Å². The molecule has 104 valence electrons. The Morgan fingerprint density at radius 2 is 2.05 bits per heavy atom. The van der Waals surface area contributed by atoms with Crippen LogP contribution < -0.4 is 5.73 Å². The van der Waals surface area contributed by atoms with Gasteiger partial charge in [0.05, 0.1) is 6.54 Å². The first-order valence-corrected chi connectivity index (χ1v) is 5.89. The second kappa shape index (κ2) is 5.65. The van der Waals surface area contributed by atoms with Crippen molar-refractivity contribution in [2.24, 2.45) is 0 Å². The summed E-state index contributed by atoms with van der Waals surface area (Å²) in [4.78, 5) is 26.1. The fraction of sp³-hybridized carbons (Fsp3) is 0.600. The fourth-order valence-corrected chi connectivity index (χ4v) is 2.02. The van der Waals surface area contributed by atoms with Gasteiger partial charge in [0.15, 0.2) is 0 Å². The van der Waals surface area contributed by atoms with Crippen LogP contribution in [-0.4, -0.2) is 69.8 Å². The zero-order valence-electron chi connectivity index (χ0n) is 10.3. The predicted molar refractivity (Wildman–Crippen MR) is 63.3 cm³/mol. The Bertz CT molecular complexity index is 474. The lowest BCUT2D eigenvalue weighted by Gasteiger charge is -2.19. The van der Waals surface area contributed by atoms with Crippen LogP contribution in [0.2, 0.25) is 0 Å². The number of carbonyl (C=O) groups excluding carboxylic acids is 1. The van der Waals surface area contributed by atoms with Gasteiger partial charge in [0, 0.05) is 26.2 Å². The van der Waals surface area contributed by atoms with Gasteiger partial charge in [-0.2, -0.15) is 0 Å². The zero-order valence-corrected chi connectivity index (χ0v) is 10.3. The fourth-order valence-electron chi connectivity index (χ4n) is 2.02. The zero-order chi connectivity index (χ0) is 13.8. The van der Waals surface area contributed by atoms with E-state index in [4.69, 9.17) is 10.8 Å². The standard InChI is InChI=1S/C10H15N5O4/c11-9-8(12-19-13-9)10(18)15-3-1-2-14(4-5-15)6-7(16)17/h1-6H2,(H2,11,13)(H,16,17). The van der Waals surface area contributed by atoms with Crippen LogP contribution in [0, 0.1) is 0 Å². The Hall–Kier alpha value is -2.16. The molecule has 3 N–H and O–H groups in total. The highest BCUT2D eigenvalue weighted by Crippen LogP contribution is 2.11. The molecule has 1 fully saturated rings. The van der Waals surface area contributed by atoms with Gasteiger partial charge in [0.1, 0.15) is 0 Å². The first-order chi connectivity index (χ1) is 9.08. The summed E-state index contributed by atoms with van der Waals surface area (Å²) in [5.74, 6) is -1.24. The first-order valence-electron chi connectivity index (χ1n) is 5.89. The number of amides is 1. The van der Waals surface area contributed by atoms with E-state index >= 15 is 0 Å². The molecule has 19 heavy (non-hydrogen) atoms. The lowest BCUT2D eigenvalue weighted by atomic mass is 10.3. The number of nitrogen functional groups attached to an aromatic ring is 1. The predicted octanol–water partition coefficient (Wildman–Crippen LogP) is -1.12. The van der Waals surface area contributed by atoms with Crippen molar-refractivity contribution < 1.29 is 19.3 Å². The molecule has 9 nitrogen and oxygen atoms in total. The molecule has 0 aromatic carbocycles. The summed E-state index contributed by atoms with van der Waals surface area (Å²) < 4.78 is 4.40. The molecule has 1 amide bonds. The summed E-state index contributed by atoms with van der Waals surface area (Å²) in [6.45, 7) is 2.08. The maximum Gasteiger partial charge on any atom is 0.317 e. The molecule has 1 saturated heterocycles. The molecule has 0 unspecified atom stereocenters. The number of nitrogens with two attached hydrogens (primary N) is 1. The summed E-state index contributed by atoms with van der Waals surface area (Å²) in [5, 5.41) is 15.6. The average molecular weight is 269 g/mol. The van der Waals surface area contributed by atoms with Gasteiger partial charge in [0.2, 0.25) is 11.5 Å². The Labute approximate surface area is 108 Å². The number of carbonyl (C=O) groups is 2. The third-order valence-electron chi connectivity index (χ3n) is 2.95. The van der Waals surface area contributed by atoms with Crippen molar-refractivity contribution in [3.8, 4) is 0 Å². The third kappa shape index (κ3) is 3.19. The van der Waals surface area contributed by atoms with Crippen molar-refractivity contribution in [3.63, 3.8) is 0 Å². The smallest absolute Gasteiger partial charge is 0.317 e. The summed E-state index contributed by atoms with van der Waals surface area (Å²) in [6.07, 6.45) is 0.699. The van der Waals surface area contributed by atoms with E-state index in [9.17, 15) is 9.59 Å². The highest BCUT2D eigenvalue weighted by molar-refractivity contribution is 5.96. The first kappa shape index (κ1) is 13.3. The van der Waals surface area contributed by atoms with Gasteiger partial charge in [0.25, 0.3) is 5.91 Å². The number of hydrogen-bond donors (Lipinski definition) is 2. The molecular formula is C10H15N5O4. The number of hydrogen-bond acceptors (Lipinski definition) is 7. The Balaban J connectivity index is 1.97. The van der Waals surface area contributed by atoms with Crippen molar-refractivity contribution in [2.45, 2.75) is 6.42 Å². The Morgan fingerprint density at radius 3 is 2.68 bits per heavy atom. The number of carboxylic acid groups (broad SMARTS) is 1. The van der Waals surface area contributed by atoms with Gasteiger partial charge in [-0.25, -0.2) is 4.63 Å². The summed E-state index contributed by atoms with van der Waals surface area (Å²) >= 11 is 0. The molecule has 1 aliphatic heterocycles. The normalized spacial score (nSPS) is 17.2. The quantitative estimate of drug-likeness (QED) is 0.707. The van der Waals surface area contributed by atoms with Gasteiger partial charge in [-0.15, -0.1) is 0 Å². The molecule has 1 aromatic heterocycles. The minimum atomic E-state index is -0.871. The van der Waals surface area contributed by atoms with Crippen molar-refractivity contribution >= 4 is 17.7 Å². The van der Waals surface area contributed by atoms with Gasteiger partial charge in [-0.1, -0.05) is 0 Å². The lowest BCUT2D eigenvalue weighted by molar-refractivity contribution is -0.138. The van der Waals surface area contributed by atoms with Gasteiger partial charge >= 0.3 is 5.97 Å². The molecule has 2 heterocycles. The Morgan fingerprint density at radius 1 is 1.26 bits per heavy atom. The van der Waals surface area contributed by atoms with Gasteiger partial charge in [-0.05, 0) is 16.7 Å². The summed E-state index contributed by atoms with van der Waals surface area (Å²) in [6, 6.07) is 0. The number of carboxylic acids is 1. The molecule has 9 heteroatoms. The van der Waals surface area contributed by atoms with E-state index in [0.29, 0.717) is 32.6 Å². The Kier molecular flexibility index (Phi) is 3.95. The number of aliphatic carboxylic acids is 1. The molecule has 0 atom stereocenters. The SMILES string of the molecule is Nc1nonc1C(=O)N1CCCN(CC(=O)O)CC1. The number of anilines is 1. The van der Waals surface area contributed by atoms with E-state index in [2.05, 4.69) is 14.9 Å². The van der Waals surface area contributed by atoms with Crippen LogP contribution in [0.4, 0.5) is 5.82 Å². The van der Waals surface area contributed by atoms with E-state index in [1.54, 1.807) is 9.80 Å². The van der Waals surface area contributed by atoms with Crippen LogP contribution in [0.15, 0.2) is 4.63 Å². The molecule has 2 rings (SSSR count). The summed E-state index contributed by atoms with van der Waals surface area (Å²) in [5.41, 5.74) is 5.48. The van der Waals surface area contributed by atoms with Crippen LogP contribution in [0.1, 0.15) is 16.9 Å². The lowest BCUT2D eigenvalue weighted by Crippen LogP contribution is -2.37. The van der Waals surface area contributed by atoms with E-state index < -0.39 is 5.97 Å². The second-order valence-electron chi connectivity index (χ2n) is 4.31. The second-order valence-corrected chi connectivity index (χ2v) is 4.31. The average Bonchev–Trinajstić information content (AvgIpc) is 2.64. The van der Waals surface area contributed by atoms with Gasteiger partial charge < -0.3 is 15.7 Å². The molecule has 1 aromatic rings. The molecule has 0 spiro atoms. The topological polar surface area (TPSA) is 126 Å².